The molecule has 21 heavy (non-hydrogen) atoms. The number of carbonyl (C=O) groups is 1. The Kier molecular flexibility index (Phi) is 4.34. The molecule has 0 N–H and O–H groups in total. The van der Waals surface area contributed by atoms with E-state index in [0.717, 1.165) is 37.9 Å². The minimum atomic E-state index is 0.250. The molecule has 6 heteroatoms. The quantitative estimate of drug-likeness (QED) is 0.870. The van der Waals surface area contributed by atoms with Crippen LogP contribution in [0.1, 0.15) is 35.8 Å². The minimum Gasteiger partial charge on any atom is -0.342 e. The van der Waals surface area contributed by atoms with Gasteiger partial charge >= 0.3 is 0 Å². The Labute approximate surface area is 128 Å². The summed E-state index contributed by atoms with van der Waals surface area (Å²) in [5.41, 5.74) is 1.12. The lowest BCUT2D eigenvalue weighted by Crippen LogP contribution is -2.39. The van der Waals surface area contributed by atoms with E-state index < -0.39 is 0 Å². The van der Waals surface area contributed by atoms with E-state index in [4.69, 9.17) is 0 Å². The first-order valence-corrected chi connectivity index (χ1v) is 8.25. The van der Waals surface area contributed by atoms with Crippen molar-refractivity contribution >= 4 is 17.2 Å². The van der Waals surface area contributed by atoms with Gasteiger partial charge in [-0.05, 0) is 24.8 Å². The predicted octanol–water partition coefficient (Wildman–Crippen LogP) is 2.22. The lowest BCUT2D eigenvalue weighted by atomic mass is 9.98. The molecule has 1 fully saturated rings. The van der Waals surface area contributed by atoms with E-state index in [0.29, 0.717) is 12.3 Å². The number of likely N-dealkylation sites (tertiary alicyclic amines) is 1. The average molecular weight is 304 g/mol. The summed E-state index contributed by atoms with van der Waals surface area (Å²) < 4.78 is 1.78. The molecule has 1 aliphatic rings. The van der Waals surface area contributed by atoms with Crippen LogP contribution in [0.15, 0.2) is 24.0 Å². The van der Waals surface area contributed by atoms with Crippen molar-refractivity contribution in [2.75, 3.05) is 13.1 Å². The zero-order valence-corrected chi connectivity index (χ0v) is 13.1. The maximum absolute atomic E-state index is 12.4. The van der Waals surface area contributed by atoms with Crippen molar-refractivity contribution in [1.29, 1.82) is 0 Å². The fourth-order valence-corrected chi connectivity index (χ4v) is 3.62. The van der Waals surface area contributed by atoms with E-state index >= 15 is 0 Å². The largest absolute Gasteiger partial charge is 0.342 e. The lowest BCUT2D eigenvalue weighted by molar-refractivity contribution is -0.132. The van der Waals surface area contributed by atoms with Crippen molar-refractivity contribution < 1.29 is 4.79 Å². The Bertz CT molecular complexity index is 593. The molecular weight excluding hydrogens is 284 g/mol. The number of amides is 1. The Morgan fingerprint density at radius 1 is 1.52 bits per heavy atom. The maximum Gasteiger partial charge on any atom is 0.222 e. The van der Waals surface area contributed by atoms with Gasteiger partial charge in [-0.3, -0.25) is 9.48 Å². The molecule has 0 aromatic carbocycles. The van der Waals surface area contributed by atoms with E-state index in [2.05, 4.69) is 10.1 Å². The summed E-state index contributed by atoms with van der Waals surface area (Å²) in [4.78, 5) is 18.8. The van der Waals surface area contributed by atoms with Crippen molar-refractivity contribution in [3.05, 3.63) is 34.5 Å². The number of nitrogens with zero attached hydrogens (tertiary/aromatic N) is 4. The second-order valence-electron chi connectivity index (χ2n) is 5.57. The molecule has 1 aliphatic heterocycles. The maximum atomic E-state index is 12.4. The van der Waals surface area contributed by atoms with Crippen molar-refractivity contribution in [2.45, 2.75) is 31.6 Å². The topological polar surface area (TPSA) is 51.0 Å². The second-order valence-corrected chi connectivity index (χ2v) is 6.50. The molecular formula is C15H20N4OS. The monoisotopic (exact) mass is 304 g/mol. The molecule has 1 amide bonds. The van der Waals surface area contributed by atoms with E-state index in [-0.39, 0.29) is 5.91 Å². The van der Waals surface area contributed by atoms with Gasteiger partial charge in [0.1, 0.15) is 0 Å². The van der Waals surface area contributed by atoms with Crippen molar-refractivity contribution in [3.63, 3.8) is 0 Å². The van der Waals surface area contributed by atoms with Gasteiger partial charge < -0.3 is 4.90 Å². The van der Waals surface area contributed by atoms with Gasteiger partial charge in [0.25, 0.3) is 0 Å². The van der Waals surface area contributed by atoms with E-state index in [9.17, 15) is 4.79 Å². The number of rotatable bonds is 4. The van der Waals surface area contributed by atoms with Crippen molar-refractivity contribution in [2.24, 2.45) is 7.05 Å². The van der Waals surface area contributed by atoms with Crippen LogP contribution >= 0.6 is 11.3 Å². The Hall–Kier alpha value is -1.69. The summed E-state index contributed by atoms with van der Waals surface area (Å²) in [5.74, 6) is 0.668. The van der Waals surface area contributed by atoms with Crippen molar-refractivity contribution in [3.8, 4) is 0 Å². The summed E-state index contributed by atoms with van der Waals surface area (Å²) in [6.45, 7) is 1.70. The summed E-state index contributed by atoms with van der Waals surface area (Å²) in [5, 5.41) is 7.32. The number of thiazole rings is 1. The third-order valence-electron chi connectivity index (χ3n) is 3.96. The summed E-state index contributed by atoms with van der Waals surface area (Å²) in [6, 6.07) is 0. The predicted molar refractivity (Wildman–Crippen MR) is 82.2 cm³/mol. The fraction of sp³-hybridized carbons (Fsp3) is 0.533. The van der Waals surface area contributed by atoms with Crippen LogP contribution in [0.5, 0.6) is 0 Å². The number of hydrogen-bond donors (Lipinski definition) is 0. The van der Waals surface area contributed by atoms with Crippen LogP contribution in [0.25, 0.3) is 0 Å². The number of aromatic nitrogens is 3. The fourth-order valence-electron chi connectivity index (χ4n) is 2.85. The third-order valence-corrected chi connectivity index (χ3v) is 4.90. The number of carbonyl (C=O) groups excluding carboxylic acids is 1. The molecule has 3 heterocycles. The Morgan fingerprint density at radius 2 is 2.43 bits per heavy atom. The molecule has 0 radical (unpaired) electrons. The third kappa shape index (κ3) is 3.50. The molecule has 5 nitrogen and oxygen atoms in total. The number of aryl methyl sites for hydroxylation is 2. The first kappa shape index (κ1) is 14.3. The van der Waals surface area contributed by atoms with Gasteiger partial charge in [-0.15, -0.1) is 11.3 Å². The van der Waals surface area contributed by atoms with Gasteiger partial charge in [-0.25, -0.2) is 4.98 Å². The van der Waals surface area contributed by atoms with Crippen molar-refractivity contribution in [1.82, 2.24) is 19.7 Å². The van der Waals surface area contributed by atoms with Crippen LogP contribution in [0.3, 0.4) is 0 Å². The Morgan fingerprint density at radius 3 is 3.14 bits per heavy atom. The van der Waals surface area contributed by atoms with Gasteiger partial charge in [0, 0.05) is 50.2 Å². The van der Waals surface area contributed by atoms with Gasteiger partial charge in [-0.2, -0.15) is 5.10 Å². The highest BCUT2D eigenvalue weighted by Crippen LogP contribution is 2.28. The van der Waals surface area contributed by atoms with Crippen LogP contribution in [-0.2, 0) is 18.3 Å². The van der Waals surface area contributed by atoms with Gasteiger partial charge in [-0.1, -0.05) is 0 Å². The lowest BCUT2D eigenvalue weighted by Gasteiger charge is -2.32. The molecule has 1 atom stereocenters. The van der Waals surface area contributed by atoms with Crippen LogP contribution in [0.2, 0.25) is 0 Å². The summed E-state index contributed by atoms with van der Waals surface area (Å²) in [6.07, 6.45) is 9.21. The molecule has 112 valence electrons. The highest BCUT2D eigenvalue weighted by atomic mass is 32.1. The normalized spacial score (nSPS) is 18.9. The zero-order chi connectivity index (χ0) is 14.7. The molecule has 3 rings (SSSR count). The zero-order valence-electron chi connectivity index (χ0n) is 12.2. The molecule has 1 saturated heterocycles. The summed E-state index contributed by atoms with van der Waals surface area (Å²) >= 11 is 1.70. The molecule has 0 spiro atoms. The summed E-state index contributed by atoms with van der Waals surface area (Å²) in [7, 11) is 1.90. The highest BCUT2D eigenvalue weighted by Gasteiger charge is 2.25. The molecule has 0 saturated carbocycles. The standard InChI is InChI=1S/C15H20N4OS/c1-18-10-12(9-17-18)4-5-14(20)19-7-2-3-13(11-19)15-16-6-8-21-15/h6,8-10,13H,2-5,7,11H2,1H3/t13-/m0/s1. The molecule has 0 unspecified atom stereocenters. The Balaban J connectivity index is 1.54. The molecule has 2 aromatic heterocycles. The van der Waals surface area contributed by atoms with E-state index in [1.165, 1.54) is 5.01 Å². The van der Waals surface area contributed by atoms with Gasteiger partial charge in [0.05, 0.1) is 11.2 Å². The molecule has 0 aliphatic carbocycles. The van der Waals surface area contributed by atoms with Crippen LogP contribution in [0.4, 0.5) is 0 Å². The molecule has 0 bridgehead atoms. The highest BCUT2D eigenvalue weighted by molar-refractivity contribution is 7.09. The minimum absolute atomic E-state index is 0.250. The first-order chi connectivity index (χ1) is 10.2. The van der Waals surface area contributed by atoms with Crippen LogP contribution in [-0.4, -0.2) is 38.7 Å². The smallest absolute Gasteiger partial charge is 0.222 e. The molecule has 2 aromatic rings. The number of hydrogen-bond acceptors (Lipinski definition) is 4. The van der Waals surface area contributed by atoms with Crippen LogP contribution < -0.4 is 0 Å². The SMILES string of the molecule is Cn1cc(CCC(=O)N2CCC[C@H](c3nccs3)C2)cn1. The number of piperidine rings is 1. The second kappa shape index (κ2) is 6.39. The van der Waals surface area contributed by atoms with Gasteiger partial charge in [0.15, 0.2) is 0 Å². The first-order valence-electron chi connectivity index (χ1n) is 7.37. The van der Waals surface area contributed by atoms with E-state index in [1.807, 2.05) is 35.9 Å². The van der Waals surface area contributed by atoms with Crippen LogP contribution in [0, 0.1) is 0 Å². The van der Waals surface area contributed by atoms with E-state index in [1.54, 1.807) is 16.0 Å². The average Bonchev–Trinajstić information content (AvgIpc) is 3.16. The van der Waals surface area contributed by atoms with Gasteiger partial charge in [0.2, 0.25) is 5.91 Å².